The van der Waals surface area contributed by atoms with Gasteiger partial charge in [0.15, 0.2) is 5.76 Å². The Morgan fingerprint density at radius 1 is 1.04 bits per heavy atom. The third-order valence-corrected chi connectivity index (χ3v) is 4.55. The summed E-state index contributed by atoms with van der Waals surface area (Å²) in [5, 5.41) is 7.87. The van der Waals surface area contributed by atoms with Gasteiger partial charge >= 0.3 is 0 Å². The first-order valence-corrected chi connectivity index (χ1v) is 8.68. The van der Waals surface area contributed by atoms with E-state index in [1.165, 1.54) is 12.1 Å². The second kappa shape index (κ2) is 6.67. The number of rotatable bonds is 5. The Labute approximate surface area is 139 Å². The Kier molecular flexibility index (Phi) is 4.43. The van der Waals surface area contributed by atoms with Crippen LogP contribution in [0.3, 0.4) is 0 Å². The molecule has 0 saturated heterocycles. The first-order valence-electron chi connectivity index (χ1n) is 7.20. The van der Waals surface area contributed by atoms with Crippen LogP contribution in [0.2, 0.25) is 0 Å². The molecular weight excluding hydrogens is 326 g/mol. The largest absolute Gasteiger partial charge is 0.354 e. The van der Waals surface area contributed by atoms with Crippen molar-refractivity contribution in [2.45, 2.75) is 11.8 Å². The summed E-state index contributed by atoms with van der Waals surface area (Å²) in [7, 11) is -3.71. The van der Waals surface area contributed by atoms with Gasteiger partial charge in [-0.2, -0.15) is 18.4 Å². The molecule has 122 valence electrons. The molecule has 24 heavy (non-hydrogen) atoms. The summed E-state index contributed by atoms with van der Waals surface area (Å²) < 4.78 is 29.5. The third-order valence-electron chi connectivity index (χ3n) is 3.32. The summed E-state index contributed by atoms with van der Waals surface area (Å²) in [4.78, 5) is 2.34. The summed E-state index contributed by atoms with van der Waals surface area (Å²) in [5.74, 6) is 0.393. The van der Waals surface area contributed by atoms with Crippen molar-refractivity contribution in [2.75, 3.05) is 0 Å². The molecule has 7 heteroatoms. The zero-order valence-corrected chi connectivity index (χ0v) is 13.7. The van der Waals surface area contributed by atoms with Crippen molar-refractivity contribution in [3.8, 4) is 11.3 Å². The lowest BCUT2D eigenvalue weighted by Crippen LogP contribution is -2.19. The standard InChI is InChI=1S/C17H15N3O3S/c1-13(18-20-24(21,22)15-10-6-3-7-11-15)17-12-16(19-23-17)14-8-4-2-5-9-14/h2-12,20H,1H3/b18-13-. The molecule has 0 spiro atoms. The Bertz CT molecular complexity index is 949. The van der Waals surface area contributed by atoms with Gasteiger partial charge in [0.2, 0.25) is 0 Å². The van der Waals surface area contributed by atoms with Crippen LogP contribution >= 0.6 is 0 Å². The molecule has 0 unspecified atom stereocenters. The Balaban J connectivity index is 1.79. The Morgan fingerprint density at radius 3 is 2.33 bits per heavy atom. The van der Waals surface area contributed by atoms with Crippen molar-refractivity contribution in [3.05, 3.63) is 72.5 Å². The van der Waals surface area contributed by atoms with Gasteiger partial charge in [0.25, 0.3) is 10.0 Å². The average Bonchev–Trinajstić information content (AvgIpc) is 3.11. The molecule has 0 atom stereocenters. The van der Waals surface area contributed by atoms with E-state index < -0.39 is 10.0 Å². The SMILES string of the molecule is C/C(=N/NS(=O)(=O)c1ccccc1)c1cc(-c2ccccc2)no1. The summed E-state index contributed by atoms with van der Waals surface area (Å²) >= 11 is 0. The second-order valence-electron chi connectivity index (χ2n) is 5.05. The van der Waals surface area contributed by atoms with E-state index in [0.717, 1.165) is 5.56 Å². The highest BCUT2D eigenvalue weighted by atomic mass is 32.2. The highest BCUT2D eigenvalue weighted by molar-refractivity contribution is 7.89. The molecule has 0 aliphatic rings. The van der Waals surface area contributed by atoms with E-state index in [1.54, 1.807) is 31.2 Å². The molecule has 0 aliphatic heterocycles. The maximum absolute atomic E-state index is 12.1. The highest BCUT2D eigenvalue weighted by Gasteiger charge is 2.13. The van der Waals surface area contributed by atoms with Gasteiger partial charge in [-0.15, -0.1) is 0 Å². The number of hydrogen-bond donors (Lipinski definition) is 1. The molecule has 1 heterocycles. The number of sulfonamides is 1. The minimum atomic E-state index is -3.71. The first-order chi connectivity index (χ1) is 11.6. The van der Waals surface area contributed by atoms with Crippen molar-refractivity contribution in [3.63, 3.8) is 0 Å². The van der Waals surface area contributed by atoms with Gasteiger partial charge in [-0.25, -0.2) is 0 Å². The normalized spacial score (nSPS) is 12.1. The number of benzene rings is 2. The van der Waals surface area contributed by atoms with E-state index in [0.29, 0.717) is 17.2 Å². The van der Waals surface area contributed by atoms with Gasteiger partial charge in [0, 0.05) is 11.6 Å². The molecule has 0 radical (unpaired) electrons. The van der Waals surface area contributed by atoms with Crippen molar-refractivity contribution >= 4 is 15.7 Å². The number of hydrazone groups is 1. The van der Waals surface area contributed by atoms with Crippen molar-refractivity contribution in [2.24, 2.45) is 5.10 Å². The zero-order chi connectivity index (χ0) is 17.0. The van der Waals surface area contributed by atoms with Crippen LogP contribution in [-0.2, 0) is 10.0 Å². The van der Waals surface area contributed by atoms with E-state index in [-0.39, 0.29) is 4.90 Å². The van der Waals surface area contributed by atoms with Crippen molar-refractivity contribution < 1.29 is 12.9 Å². The molecule has 0 bridgehead atoms. The Hall–Kier alpha value is -2.93. The number of nitrogens with zero attached hydrogens (tertiary/aromatic N) is 2. The minimum Gasteiger partial charge on any atom is -0.354 e. The fraction of sp³-hybridized carbons (Fsp3) is 0.0588. The van der Waals surface area contributed by atoms with Crippen LogP contribution in [0.1, 0.15) is 12.7 Å². The summed E-state index contributed by atoms with van der Waals surface area (Å²) in [6, 6.07) is 19.3. The molecule has 0 fully saturated rings. The number of aromatic nitrogens is 1. The van der Waals surface area contributed by atoms with Gasteiger partial charge in [0.1, 0.15) is 11.4 Å². The van der Waals surface area contributed by atoms with Crippen LogP contribution in [0, 0.1) is 0 Å². The van der Waals surface area contributed by atoms with Crippen LogP contribution in [-0.4, -0.2) is 19.3 Å². The fourth-order valence-electron chi connectivity index (χ4n) is 2.03. The van der Waals surface area contributed by atoms with Gasteiger partial charge in [0.05, 0.1) is 4.90 Å². The van der Waals surface area contributed by atoms with Crippen molar-refractivity contribution in [1.82, 2.24) is 9.99 Å². The third kappa shape index (κ3) is 3.52. The van der Waals surface area contributed by atoms with Crippen LogP contribution in [0.5, 0.6) is 0 Å². The molecule has 1 aromatic heterocycles. The van der Waals surface area contributed by atoms with Crippen LogP contribution in [0.25, 0.3) is 11.3 Å². The van der Waals surface area contributed by atoms with Crippen molar-refractivity contribution in [1.29, 1.82) is 0 Å². The smallest absolute Gasteiger partial charge is 0.276 e. The lowest BCUT2D eigenvalue weighted by atomic mass is 10.1. The average molecular weight is 341 g/mol. The van der Waals surface area contributed by atoms with Crippen LogP contribution in [0.15, 0.2) is 81.3 Å². The van der Waals surface area contributed by atoms with E-state index in [4.69, 9.17) is 4.52 Å². The maximum Gasteiger partial charge on any atom is 0.276 e. The molecule has 3 aromatic rings. The maximum atomic E-state index is 12.1. The van der Waals surface area contributed by atoms with E-state index >= 15 is 0 Å². The lowest BCUT2D eigenvalue weighted by Gasteiger charge is -2.03. The predicted octanol–water partition coefficient (Wildman–Crippen LogP) is 3.04. The molecule has 0 aliphatic carbocycles. The molecule has 3 rings (SSSR count). The molecule has 6 nitrogen and oxygen atoms in total. The number of hydrogen-bond acceptors (Lipinski definition) is 5. The number of nitrogens with one attached hydrogen (secondary N) is 1. The van der Waals surface area contributed by atoms with Gasteiger partial charge < -0.3 is 4.52 Å². The van der Waals surface area contributed by atoms with E-state index in [2.05, 4.69) is 15.1 Å². The van der Waals surface area contributed by atoms with Crippen LogP contribution in [0.4, 0.5) is 0 Å². The lowest BCUT2D eigenvalue weighted by molar-refractivity contribution is 0.415. The van der Waals surface area contributed by atoms with E-state index in [9.17, 15) is 8.42 Å². The van der Waals surface area contributed by atoms with E-state index in [1.807, 2.05) is 30.3 Å². The second-order valence-corrected chi connectivity index (χ2v) is 6.71. The summed E-state index contributed by atoms with van der Waals surface area (Å²) in [6.07, 6.45) is 0. The first kappa shape index (κ1) is 15.9. The topological polar surface area (TPSA) is 84.6 Å². The van der Waals surface area contributed by atoms with Gasteiger partial charge in [-0.05, 0) is 19.1 Å². The monoisotopic (exact) mass is 341 g/mol. The molecule has 0 amide bonds. The van der Waals surface area contributed by atoms with Gasteiger partial charge in [-0.3, -0.25) is 0 Å². The molecule has 0 saturated carbocycles. The quantitative estimate of drug-likeness (QED) is 0.571. The summed E-state index contributed by atoms with van der Waals surface area (Å²) in [5.41, 5.74) is 1.94. The molecule has 1 N–H and O–H groups in total. The molecule has 2 aromatic carbocycles. The molecular formula is C17H15N3O3S. The fourth-order valence-corrected chi connectivity index (χ4v) is 2.90. The summed E-state index contributed by atoms with van der Waals surface area (Å²) in [6.45, 7) is 1.64. The highest BCUT2D eigenvalue weighted by Crippen LogP contribution is 2.19. The minimum absolute atomic E-state index is 0.143. The predicted molar refractivity (Wildman–Crippen MR) is 90.9 cm³/mol. The van der Waals surface area contributed by atoms with Gasteiger partial charge in [-0.1, -0.05) is 53.7 Å². The zero-order valence-electron chi connectivity index (χ0n) is 12.9. The Morgan fingerprint density at radius 2 is 1.67 bits per heavy atom. The van der Waals surface area contributed by atoms with Crippen LogP contribution < -0.4 is 4.83 Å².